The van der Waals surface area contributed by atoms with Crippen LogP contribution in [-0.4, -0.2) is 6.17 Å². The van der Waals surface area contributed by atoms with Gasteiger partial charge in [-0.15, -0.1) is 0 Å². The van der Waals surface area contributed by atoms with Crippen LogP contribution in [-0.2, 0) is 5.41 Å². The van der Waals surface area contributed by atoms with Crippen LogP contribution in [0.2, 0.25) is 0 Å². The number of allylic oxidation sites excluding steroid dienone is 10. The number of para-hydroxylation sites is 2. The second kappa shape index (κ2) is 12.9. The summed E-state index contributed by atoms with van der Waals surface area (Å²) in [6.45, 7) is 8.40. The normalized spacial score (nSPS) is 21.4. The van der Waals surface area contributed by atoms with Gasteiger partial charge in [0.2, 0.25) is 0 Å². The van der Waals surface area contributed by atoms with E-state index >= 15 is 0 Å². The molecular formula is C47H44N2. The van der Waals surface area contributed by atoms with E-state index in [0.29, 0.717) is 0 Å². The van der Waals surface area contributed by atoms with E-state index in [4.69, 9.17) is 0 Å². The number of hydrogen-bond donors (Lipinski definition) is 1. The highest BCUT2D eigenvalue weighted by molar-refractivity contribution is 6.05. The Morgan fingerprint density at radius 3 is 2.35 bits per heavy atom. The van der Waals surface area contributed by atoms with Gasteiger partial charge in [-0.05, 0) is 118 Å². The van der Waals surface area contributed by atoms with Crippen LogP contribution >= 0.6 is 0 Å². The van der Waals surface area contributed by atoms with Crippen LogP contribution < -0.4 is 20.7 Å². The van der Waals surface area contributed by atoms with Crippen LogP contribution in [0.1, 0.15) is 57.1 Å². The molecule has 2 atom stereocenters. The molecule has 0 saturated heterocycles. The average molecular weight is 637 g/mol. The number of hydrogen-bond acceptors (Lipinski definition) is 2. The van der Waals surface area contributed by atoms with E-state index in [0.717, 1.165) is 43.5 Å². The molecule has 2 heteroatoms. The number of fused-ring (bicyclic) bond motifs is 3. The fourth-order valence-corrected chi connectivity index (χ4v) is 8.11. The predicted octanol–water partition coefficient (Wildman–Crippen LogP) is 10.6. The minimum atomic E-state index is -0.135. The van der Waals surface area contributed by atoms with Gasteiger partial charge in [-0.3, -0.25) is 0 Å². The predicted molar refractivity (Wildman–Crippen MR) is 212 cm³/mol. The molecule has 0 spiro atoms. The van der Waals surface area contributed by atoms with E-state index in [9.17, 15) is 0 Å². The smallest absolute Gasteiger partial charge is 0.130 e. The van der Waals surface area contributed by atoms with Gasteiger partial charge in [-0.2, -0.15) is 0 Å². The first-order valence-corrected chi connectivity index (χ1v) is 17.8. The van der Waals surface area contributed by atoms with Gasteiger partial charge in [0.15, 0.2) is 0 Å². The standard InChI is InChI=1S/C47H44N2/c1-4-6-21-37(5-2)49-43-25-16-15-24-42(43)48-46(49)35-28-30-47(3,31-29-35)36-26-27-40-41(32-36)45(34-19-11-8-12-20-34)39-23-14-13-22-38(39)44(40)33-17-9-7-10-18-33/h4-6,8-9,11-12,15-30,32,46,48H,1,7,10,13-14,31H2,2-3H3/b21-6-,37-5+. The molecular weight excluding hydrogens is 593 g/mol. The molecule has 3 aliphatic carbocycles. The van der Waals surface area contributed by atoms with Crippen LogP contribution in [0.3, 0.4) is 0 Å². The van der Waals surface area contributed by atoms with Crippen molar-refractivity contribution in [2.24, 2.45) is 0 Å². The largest absolute Gasteiger partial charge is 0.359 e. The average Bonchev–Trinajstić information content (AvgIpc) is 3.54. The van der Waals surface area contributed by atoms with Gasteiger partial charge in [-0.25, -0.2) is 0 Å². The van der Waals surface area contributed by atoms with Gasteiger partial charge in [0.25, 0.3) is 0 Å². The van der Waals surface area contributed by atoms with Crippen LogP contribution in [0.25, 0.3) is 39.6 Å². The number of benzene rings is 4. The maximum Gasteiger partial charge on any atom is 0.130 e. The fraction of sp³-hybridized carbons (Fsp3) is 0.191. The summed E-state index contributed by atoms with van der Waals surface area (Å²) in [5.41, 5.74) is 11.4. The lowest BCUT2D eigenvalue weighted by Gasteiger charge is -2.34. The summed E-state index contributed by atoms with van der Waals surface area (Å²) < 4.78 is 0. The van der Waals surface area contributed by atoms with Gasteiger partial charge in [-0.1, -0.05) is 135 Å². The number of rotatable bonds is 7. The van der Waals surface area contributed by atoms with E-state index in [2.05, 4.69) is 164 Å². The van der Waals surface area contributed by atoms with Crippen molar-refractivity contribution in [2.45, 2.75) is 57.5 Å². The maximum atomic E-state index is 3.90. The van der Waals surface area contributed by atoms with Gasteiger partial charge in [0.05, 0.1) is 11.4 Å². The molecule has 242 valence electrons. The van der Waals surface area contributed by atoms with Gasteiger partial charge >= 0.3 is 0 Å². The molecule has 0 bridgehead atoms. The lowest BCUT2D eigenvalue weighted by Crippen LogP contribution is -2.37. The Balaban J connectivity index is 1.23. The first kappa shape index (κ1) is 31.0. The first-order chi connectivity index (χ1) is 24.1. The summed E-state index contributed by atoms with van der Waals surface area (Å²) in [7, 11) is 0. The maximum absolute atomic E-state index is 3.90. The third-order valence-electron chi connectivity index (χ3n) is 10.7. The molecule has 1 aliphatic heterocycles. The van der Waals surface area contributed by atoms with Crippen LogP contribution in [0.15, 0.2) is 151 Å². The van der Waals surface area contributed by atoms with Gasteiger partial charge in [0, 0.05) is 11.1 Å². The molecule has 0 radical (unpaired) electrons. The lowest BCUT2D eigenvalue weighted by atomic mass is 9.74. The zero-order valence-electron chi connectivity index (χ0n) is 28.6. The fourth-order valence-electron chi connectivity index (χ4n) is 8.11. The zero-order chi connectivity index (χ0) is 33.4. The van der Waals surface area contributed by atoms with Gasteiger partial charge < -0.3 is 10.2 Å². The summed E-state index contributed by atoms with van der Waals surface area (Å²) >= 11 is 0. The van der Waals surface area contributed by atoms with E-state index in [1.165, 1.54) is 60.3 Å². The van der Waals surface area contributed by atoms with Crippen molar-refractivity contribution in [1.29, 1.82) is 0 Å². The van der Waals surface area contributed by atoms with E-state index in [1.807, 2.05) is 12.2 Å². The highest BCUT2D eigenvalue weighted by atomic mass is 15.3. The number of anilines is 2. The topological polar surface area (TPSA) is 15.3 Å². The Kier molecular flexibility index (Phi) is 8.17. The van der Waals surface area contributed by atoms with Crippen molar-refractivity contribution in [1.82, 2.24) is 0 Å². The molecule has 0 amide bonds. The lowest BCUT2D eigenvalue weighted by molar-refractivity contribution is 0.592. The summed E-state index contributed by atoms with van der Waals surface area (Å²) in [6.07, 6.45) is 32.8. The van der Waals surface area contributed by atoms with Crippen LogP contribution in [0.5, 0.6) is 0 Å². The second-order valence-corrected chi connectivity index (χ2v) is 13.7. The first-order valence-electron chi connectivity index (χ1n) is 17.8. The Hall–Kier alpha value is -5.34. The monoisotopic (exact) mass is 636 g/mol. The Morgan fingerprint density at radius 1 is 0.837 bits per heavy atom. The van der Waals surface area contributed by atoms with Crippen molar-refractivity contribution in [3.05, 3.63) is 173 Å². The third-order valence-corrected chi connectivity index (χ3v) is 10.7. The summed E-state index contributed by atoms with van der Waals surface area (Å²) in [6, 6.07) is 26.9. The van der Waals surface area contributed by atoms with E-state index < -0.39 is 0 Å². The minimum Gasteiger partial charge on any atom is -0.359 e. The molecule has 1 N–H and O–H groups in total. The highest BCUT2D eigenvalue weighted by Gasteiger charge is 2.35. The molecule has 1 heterocycles. The van der Waals surface area contributed by atoms with Gasteiger partial charge in [0.1, 0.15) is 6.17 Å². The molecule has 2 unspecified atom stereocenters. The van der Waals surface area contributed by atoms with Crippen LogP contribution in [0, 0.1) is 0 Å². The summed E-state index contributed by atoms with van der Waals surface area (Å²) in [5.74, 6) is 0. The molecule has 8 rings (SSSR count). The molecule has 49 heavy (non-hydrogen) atoms. The molecule has 0 fully saturated rings. The molecule has 4 aromatic carbocycles. The zero-order valence-corrected chi connectivity index (χ0v) is 28.6. The number of nitrogens with zero attached hydrogens (tertiary/aromatic N) is 1. The molecule has 4 aliphatic rings. The minimum absolute atomic E-state index is 0.0119. The van der Waals surface area contributed by atoms with E-state index in [1.54, 1.807) is 0 Å². The quantitative estimate of drug-likeness (QED) is 0.203. The third kappa shape index (κ3) is 5.46. The Bertz CT molecular complexity index is 2270. The Morgan fingerprint density at radius 2 is 1.61 bits per heavy atom. The molecule has 4 aromatic rings. The second-order valence-electron chi connectivity index (χ2n) is 13.7. The Labute approximate surface area is 290 Å². The SMILES string of the molecule is C=C/C=C\C(=C/C)N1c2ccccc2NC1C1=CCC(C)(c2ccc3c(C4=CCCC=C4)c4c(c(-c5ccccc5)c3c2)=CCCC=4)C=C1. The number of nitrogens with one attached hydrogen (secondary N) is 1. The van der Waals surface area contributed by atoms with Crippen molar-refractivity contribution < 1.29 is 0 Å². The van der Waals surface area contributed by atoms with Crippen molar-refractivity contribution in [2.75, 3.05) is 10.2 Å². The summed E-state index contributed by atoms with van der Waals surface area (Å²) in [5, 5.41) is 9.30. The van der Waals surface area contributed by atoms with Crippen molar-refractivity contribution >= 4 is 39.9 Å². The van der Waals surface area contributed by atoms with Crippen molar-refractivity contribution in [3.63, 3.8) is 0 Å². The van der Waals surface area contributed by atoms with Crippen LogP contribution in [0.4, 0.5) is 11.4 Å². The van der Waals surface area contributed by atoms with Crippen molar-refractivity contribution in [3.8, 4) is 11.1 Å². The molecule has 0 aromatic heterocycles. The highest BCUT2D eigenvalue weighted by Crippen LogP contribution is 2.43. The molecule has 0 saturated carbocycles. The van der Waals surface area contributed by atoms with E-state index in [-0.39, 0.29) is 11.6 Å². The summed E-state index contributed by atoms with van der Waals surface area (Å²) in [4.78, 5) is 2.41. The molecule has 2 nitrogen and oxygen atoms in total.